The van der Waals surface area contributed by atoms with E-state index in [0.29, 0.717) is 6.61 Å². The van der Waals surface area contributed by atoms with Gasteiger partial charge in [-0.15, -0.1) is 0 Å². The van der Waals surface area contributed by atoms with E-state index in [9.17, 15) is 0 Å². The maximum atomic E-state index is 6.01. The molecule has 0 saturated carbocycles. The highest BCUT2D eigenvalue weighted by atomic mass is 16.5. The van der Waals surface area contributed by atoms with Crippen molar-refractivity contribution in [2.45, 2.75) is 20.1 Å². The molecular formula is C18H21NO. The van der Waals surface area contributed by atoms with Gasteiger partial charge in [-0.1, -0.05) is 49.1 Å². The molecule has 104 valence electrons. The third-order valence-electron chi connectivity index (χ3n) is 3.25. The zero-order valence-corrected chi connectivity index (χ0v) is 12.1. The van der Waals surface area contributed by atoms with Crippen molar-refractivity contribution in [3.05, 3.63) is 71.3 Å². The summed E-state index contributed by atoms with van der Waals surface area (Å²) >= 11 is 0. The van der Waals surface area contributed by atoms with Gasteiger partial charge >= 0.3 is 0 Å². The summed E-state index contributed by atoms with van der Waals surface area (Å²) in [4.78, 5) is 0. The largest absolute Gasteiger partial charge is 0.489 e. The summed E-state index contributed by atoms with van der Waals surface area (Å²) in [5, 5.41) is 3.17. The van der Waals surface area contributed by atoms with Gasteiger partial charge in [-0.2, -0.15) is 0 Å². The Morgan fingerprint density at radius 2 is 1.95 bits per heavy atom. The third kappa shape index (κ3) is 3.49. The molecule has 0 heterocycles. The van der Waals surface area contributed by atoms with Crippen molar-refractivity contribution in [3.8, 4) is 5.75 Å². The standard InChI is InChI=1S/C18H21NO/c1-4-15-7-5-6-8-17(15)13-20-18-11-14(2)9-10-16(18)12-19-3/h4-11,19H,1,12-13H2,2-3H3. The van der Waals surface area contributed by atoms with E-state index in [2.05, 4.69) is 49.2 Å². The molecule has 0 unspecified atom stereocenters. The van der Waals surface area contributed by atoms with Gasteiger partial charge in [-0.25, -0.2) is 0 Å². The number of benzene rings is 2. The molecule has 0 bridgehead atoms. The van der Waals surface area contributed by atoms with Crippen LogP contribution in [0.25, 0.3) is 6.08 Å². The van der Waals surface area contributed by atoms with Gasteiger partial charge in [0.15, 0.2) is 0 Å². The van der Waals surface area contributed by atoms with Crippen molar-refractivity contribution in [2.75, 3.05) is 7.05 Å². The SMILES string of the molecule is C=Cc1ccccc1COc1cc(C)ccc1CNC. The Balaban J connectivity index is 2.17. The first kappa shape index (κ1) is 14.4. The molecule has 0 radical (unpaired) electrons. The molecule has 0 fully saturated rings. The molecule has 0 saturated heterocycles. The normalized spacial score (nSPS) is 10.3. The molecule has 2 aromatic carbocycles. The van der Waals surface area contributed by atoms with Crippen LogP contribution in [0.3, 0.4) is 0 Å². The van der Waals surface area contributed by atoms with Gasteiger partial charge in [0.1, 0.15) is 12.4 Å². The number of nitrogens with one attached hydrogen (secondary N) is 1. The topological polar surface area (TPSA) is 21.3 Å². The van der Waals surface area contributed by atoms with Crippen molar-refractivity contribution < 1.29 is 4.74 Å². The van der Waals surface area contributed by atoms with Crippen LogP contribution in [0.1, 0.15) is 22.3 Å². The predicted molar refractivity (Wildman–Crippen MR) is 84.8 cm³/mol. The molecule has 0 aliphatic heterocycles. The highest BCUT2D eigenvalue weighted by Crippen LogP contribution is 2.22. The first-order valence-corrected chi connectivity index (χ1v) is 6.82. The summed E-state index contributed by atoms with van der Waals surface area (Å²) in [5.41, 5.74) is 4.65. The minimum absolute atomic E-state index is 0.558. The zero-order valence-electron chi connectivity index (χ0n) is 12.1. The highest BCUT2D eigenvalue weighted by Gasteiger charge is 2.05. The molecule has 0 amide bonds. The van der Waals surface area contributed by atoms with Crippen molar-refractivity contribution in [2.24, 2.45) is 0 Å². The van der Waals surface area contributed by atoms with E-state index in [1.165, 1.54) is 11.1 Å². The molecule has 0 aromatic heterocycles. The second-order valence-corrected chi connectivity index (χ2v) is 4.83. The lowest BCUT2D eigenvalue weighted by molar-refractivity contribution is 0.302. The lowest BCUT2D eigenvalue weighted by atomic mass is 10.1. The second kappa shape index (κ2) is 6.92. The Labute approximate surface area is 121 Å². The minimum Gasteiger partial charge on any atom is -0.489 e. The number of rotatable bonds is 6. The average molecular weight is 267 g/mol. The van der Waals surface area contributed by atoms with Crippen LogP contribution in [0.2, 0.25) is 0 Å². The van der Waals surface area contributed by atoms with E-state index >= 15 is 0 Å². The molecule has 2 heteroatoms. The average Bonchev–Trinajstić information content (AvgIpc) is 2.48. The molecule has 1 N–H and O–H groups in total. The van der Waals surface area contributed by atoms with Crippen molar-refractivity contribution in [1.82, 2.24) is 5.32 Å². The van der Waals surface area contributed by atoms with Crippen LogP contribution in [0.15, 0.2) is 49.0 Å². The Kier molecular flexibility index (Phi) is 4.97. The van der Waals surface area contributed by atoms with Crippen molar-refractivity contribution in [3.63, 3.8) is 0 Å². The molecule has 2 nitrogen and oxygen atoms in total. The van der Waals surface area contributed by atoms with Crippen LogP contribution in [0, 0.1) is 6.92 Å². The maximum absolute atomic E-state index is 6.01. The van der Waals surface area contributed by atoms with Gasteiger partial charge < -0.3 is 10.1 Å². The quantitative estimate of drug-likeness (QED) is 0.856. The van der Waals surface area contributed by atoms with Crippen LogP contribution in [-0.2, 0) is 13.2 Å². The Hall–Kier alpha value is -2.06. The lowest BCUT2D eigenvalue weighted by Gasteiger charge is -2.13. The molecular weight excluding hydrogens is 246 g/mol. The fourth-order valence-electron chi connectivity index (χ4n) is 2.15. The van der Waals surface area contributed by atoms with E-state index in [1.807, 2.05) is 25.3 Å². The van der Waals surface area contributed by atoms with E-state index in [1.54, 1.807) is 0 Å². The van der Waals surface area contributed by atoms with Crippen molar-refractivity contribution >= 4 is 6.08 Å². The summed E-state index contributed by atoms with van der Waals surface area (Å²) in [6.07, 6.45) is 1.86. The summed E-state index contributed by atoms with van der Waals surface area (Å²) < 4.78 is 6.01. The fraction of sp³-hybridized carbons (Fsp3) is 0.222. The van der Waals surface area contributed by atoms with Crippen LogP contribution < -0.4 is 10.1 Å². The maximum Gasteiger partial charge on any atom is 0.124 e. The number of ether oxygens (including phenoxy) is 1. The predicted octanol–water partition coefficient (Wildman–Crippen LogP) is 3.94. The number of hydrogen-bond acceptors (Lipinski definition) is 2. The van der Waals surface area contributed by atoms with Gasteiger partial charge in [0.05, 0.1) is 0 Å². The van der Waals surface area contributed by atoms with E-state index in [4.69, 9.17) is 4.74 Å². The number of hydrogen-bond donors (Lipinski definition) is 1. The molecule has 2 aromatic rings. The molecule has 0 aliphatic rings. The van der Waals surface area contributed by atoms with Gasteiger partial charge in [0, 0.05) is 12.1 Å². The van der Waals surface area contributed by atoms with E-state index in [-0.39, 0.29) is 0 Å². The molecule has 20 heavy (non-hydrogen) atoms. The molecule has 0 spiro atoms. The second-order valence-electron chi connectivity index (χ2n) is 4.83. The molecule has 2 rings (SSSR count). The lowest BCUT2D eigenvalue weighted by Crippen LogP contribution is -2.08. The van der Waals surface area contributed by atoms with Gasteiger partial charge in [-0.05, 0) is 36.7 Å². The molecule has 0 atom stereocenters. The minimum atomic E-state index is 0.558. The van der Waals surface area contributed by atoms with Gasteiger partial charge in [0.2, 0.25) is 0 Å². The Bertz CT molecular complexity index is 590. The summed E-state index contributed by atoms with van der Waals surface area (Å²) in [7, 11) is 1.94. The van der Waals surface area contributed by atoms with Crippen LogP contribution in [0.4, 0.5) is 0 Å². The van der Waals surface area contributed by atoms with Gasteiger partial charge in [-0.3, -0.25) is 0 Å². The summed E-state index contributed by atoms with van der Waals surface area (Å²) in [6, 6.07) is 14.5. The highest BCUT2D eigenvalue weighted by molar-refractivity contribution is 5.51. The first-order valence-electron chi connectivity index (χ1n) is 6.82. The Morgan fingerprint density at radius 1 is 1.15 bits per heavy atom. The number of aryl methyl sites for hydroxylation is 1. The smallest absolute Gasteiger partial charge is 0.124 e. The van der Waals surface area contributed by atoms with Gasteiger partial charge in [0.25, 0.3) is 0 Å². The zero-order chi connectivity index (χ0) is 14.4. The fourth-order valence-corrected chi connectivity index (χ4v) is 2.15. The van der Waals surface area contributed by atoms with E-state index < -0.39 is 0 Å². The third-order valence-corrected chi connectivity index (χ3v) is 3.25. The monoisotopic (exact) mass is 267 g/mol. The van der Waals surface area contributed by atoms with Crippen molar-refractivity contribution in [1.29, 1.82) is 0 Å². The first-order chi connectivity index (χ1) is 9.74. The van der Waals surface area contributed by atoms with Crippen LogP contribution in [-0.4, -0.2) is 7.05 Å². The molecule has 0 aliphatic carbocycles. The Morgan fingerprint density at radius 3 is 2.70 bits per heavy atom. The van der Waals surface area contributed by atoms with Crippen LogP contribution >= 0.6 is 0 Å². The van der Waals surface area contributed by atoms with E-state index in [0.717, 1.165) is 23.4 Å². The van der Waals surface area contributed by atoms with Crippen LogP contribution in [0.5, 0.6) is 5.75 Å². The summed E-state index contributed by atoms with van der Waals surface area (Å²) in [5.74, 6) is 0.943. The summed E-state index contributed by atoms with van der Waals surface area (Å²) in [6.45, 7) is 7.28.